The number of hydrogen-bond donors (Lipinski definition) is 1. The van der Waals surface area contributed by atoms with Gasteiger partial charge in [0.2, 0.25) is 21.8 Å². The SMILES string of the molecule is CCNC(=O)C(Cc1ccccc1)N(Cc1cccc(OC)c1)C(=O)CN(c1ccccc1C(C)C)S(C)(=O)=O. The molecule has 40 heavy (non-hydrogen) atoms. The van der Waals surface area contributed by atoms with Crippen molar-refractivity contribution in [3.8, 4) is 5.75 Å². The molecule has 0 spiro atoms. The fraction of sp³-hybridized carbons (Fsp3) is 0.355. The standard InChI is InChI=1S/C31H39N3O5S/c1-6-32-31(36)29(20-24-13-8-7-9-14-24)33(21-25-15-12-16-26(19-25)39-4)30(35)22-34(40(5,37)38)28-18-11-10-17-27(28)23(2)3/h7-19,23,29H,6,20-22H2,1-5H3,(H,32,36). The molecule has 0 saturated carbocycles. The van der Waals surface area contributed by atoms with E-state index in [1.54, 1.807) is 31.4 Å². The van der Waals surface area contributed by atoms with Gasteiger partial charge in [-0.1, -0.05) is 74.5 Å². The van der Waals surface area contributed by atoms with Crippen molar-refractivity contribution in [2.45, 2.75) is 45.7 Å². The Kier molecular flexibility index (Phi) is 10.7. The summed E-state index contributed by atoms with van der Waals surface area (Å²) in [6.07, 6.45) is 1.36. The minimum atomic E-state index is -3.84. The van der Waals surface area contributed by atoms with Crippen LogP contribution in [0, 0.1) is 0 Å². The van der Waals surface area contributed by atoms with E-state index in [4.69, 9.17) is 4.74 Å². The van der Waals surface area contributed by atoms with Gasteiger partial charge in [-0.05, 0) is 47.7 Å². The van der Waals surface area contributed by atoms with E-state index < -0.39 is 28.5 Å². The molecule has 0 aromatic heterocycles. The number of likely N-dealkylation sites (N-methyl/N-ethyl adjacent to an activating group) is 1. The van der Waals surface area contributed by atoms with Crippen LogP contribution in [0.1, 0.15) is 43.4 Å². The number of rotatable bonds is 13. The summed E-state index contributed by atoms with van der Waals surface area (Å²) in [6, 6.07) is 23.0. The van der Waals surface area contributed by atoms with Crippen molar-refractivity contribution in [3.63, 3.8) is 0 Å². The molecule has 8 nitrogen and oxygen atoms in total. The predicted octanol–water partition coefficient (Wildman–Crippen LogP) is 4.36. The van der Waals surface area contributed by atoms with Crippen LogP contribution in [0.2, 0.25) is 0 Å². The third kappa shape index (κ3) is 8.08. The zero-order valence-electron chi connectivity index (χ0n) is 23.8. The average Bonchev–Trinajstić information content (AvgIpc) is 2.93. The van der Waals surface area contributed by atoms with Crippen LogP contribution in [0.3, 0.4) is 0 Å². The van der Waals surface area contributed by atoms with E-state index in [2.05, 4.69) is 5.32 Å². The molecule has 0 aliphatic rings. The fourth-order valence-corrected chi connectivity index (χ4v) is 5.48. The number of sulfonamides is 1. The summed E-state index contributed by atoms with van der Waals surface area (Å²) in [4.78, 5) is 29.1. The normalized spacial score (nSPS) is 12.1. The number of hydrogen-bond acceptors (Lipinski definition) is 5. The first-order chi connectivity index (χ1) is 19.0. The second-order valence-electron chi connectivity index (χ2n) is 9.96. The monoisotopic (exact) mass is 565 g/mol. The number of para-hydroxylation sites is 1. The third-order valence-electron chi connectivity index (χ3n) is 6.62. The van der Waals surface area contributed by atoms with Crippen molar-refractivity contribution in [1.82, 2.24) is 10.2 Å². The first-order valence-electron chi connectivity index (χ1n) is 13.4. The number of nitrogens with one attached hydrogen (secondary N) is 1. The lowest BCUT2D eigenvalue weighted by atomic mass is 10.0. The molecule has 0 bridgehead atoms. The van der Waals surface area contributed by atoms with Crippen molar-refractivity contribution in [2.24, 2.45) is 0 Å². The minimum absolute atomic E-state index is 0.0320. The van der Waals surface area contributed by atoms with Crippen LogP contribution >= 0.6 is 0 Å². The minimum Gasteiger partial charge on any atom is -0.497 e. The predicted molar refractivity (Wildman–Crippen MR) is 159 cm³/mol. The number of ether oxygens (including phenoxy) is 1. The Morgan fingerprint density at radius 2 is 1.57 bits per heavy atom. The molecular formula is C31H39N3O5S. The van der Waals surface area contributed by atoms with Gasteiger partial charge in [-0.3, -0.25) is 13.9 Å². The van der Waals surface area contributed by atoms with Crippen molar-refractivity contribution >= 4 is 27.5 Å². The number of nitrogens with zero attached hydrogens (tertiary/aromatic N) is 2. The fourth-order valence-electron chi connectivity index (χ4n) is 4.61. The summed E-state index contributed by atoms with van der Waals surface area (Å²) in [7, 11) is -2.28. The summed E-state index contributed by atoms with van der Waals surface area (Å²) >= 11 is 0. The Morgan fingerprint density at radius 3 is 2.20 bits per heavy atom. The first-order valence-corrected chi connectivity index (χ1v) is 15.2. The number of carbonyl (C=O) groups excluding carboxylic acids is 2. The van der Waals surface area contributed by atoms with E-state index in [0.717, 1.165) is 27.3 Å². The van der Waals surface area contributed by atoms with Gasteiger partial charge in [-0.2, -0.15) is 0 Å². The molecule has 0 radical (unpaired) electrons. The van der Waals surface area contributed by atoms with Gasteiger partial charge in [0.15, 0.2) is 0 Å². The Bertz CT molecular complexity index is 1390. The second kappa shape index (κ2) is 14.0. The van der Waals surface area contributed by atoms with Crippen LogP contribution < -0.4 is 14.4 Å². The molecule has 9 heteroatoms. The highest BCUT2D eigenvalue weighted by Gasteiger charge is 2.33. The van der Waals surface area contributed by atoms with Crippen molar-refractivity contribution in [2.75, 3.05) is 30.8 Å². The number of benzene rings is 3. The zero-order chi connectivity index (χ0) is 29.3. The highest BCUT2D eigenvalue weighted by Crippen LogP contribution is 2.29. The molecule has 0 aliphatic heterocycles. The van der Waals surface area contributed by atoms with Crippen molar-refractivity contribution in [3.05, 3.63) is 95.6 Å². The summed E-state index contributed by atoms with van der Waals surface area (Å²) in [5.41, 5.74) is 2.90. The Balaban J connectivity index is 2.09. The molecule has 1 unspecified atom stereocenters. The Hall–Kier alpha value is -3.85. The smallest absolute Gasteiger partial charge is 0.244 e. The topological polar surface area (TPSA) is 96.0 Å². The van der Waals surface area contributed by atoms with E-state index in [1.165, 1.54) is 4.90 Å². The average molecular weight is 566 g/mol. The number of methoxy groups -OCH3 is 1. The molecule has 2 amide bonds. The Labute approximate surface area is 238 Å². The van der Waals surface area contributed by atoms with Gasteiger partial charge >= 0.3 is 0 Å². The van der Waals surface area contributed by atoms with Crippen molar-refractivity contribution < 1.29 is 22.7 Å². The lowest BCUT2D eigenvalue weighted by Crippen LogP contribution is -2.53. The van der Waals surface area contributed by atoms with Gasteiger partial charge in [0.25, 0.3) is 0 Å². The van der Waals surface area contributed by atoms with E-state index >= 15 is 0 Å². The molecule has 0 aliphatic carbocycles. The van der Waals surface area contributed by atoms with E-state index in [1.807, 2.05) is 75.4 Å². The van der Waals surface area contributed by atoms with Gasteiger partial charge in [-0.15, -0.1) is 0 Å². The second-order valence-corrected chi connectivity index (χ2v) is 11.9. The van der Waals surface area contributed by atoms with E-state index in [-0.39, 0.29) is 24.8 Å². The zero-order valence-corrected chi connectivity index (χ0v) is 24.6. The van der Waals surface area contributed by atoms with Crippen LogP contribution in [0.15, 0.2) is 78.9 Å². The van der Waals surface area contributed by atoms with Gasteiger partial charge in [0.05, 0.1) is 19.1 Å². The molecule has 3 rings (SSSR count). The van der Waals surface area contributed by atoms with Gasteiger partial charge < -0.3 is 15.0 Å². The molecule has 0 heterocycles. The summed E-state index contributed by atoms with van der Waals surface area (Å²) in [5, 5.41) is 2.86. The van der Waals surface area contributed by atoms with E-state index in [0.29, 0.717) is 18.0 Å². The molecule has 1 atom stereocenters. The van der Waals surface area contributed by atoms with Gasteiger partial charge in [-0.25, -0.2) is 8.42 Å². The maximum atomic E-state index is 14.2. The lowest BCUT2D eigenvalue weighted by Gasteiger charge is -2.34. The molecule has 0 fully saturated rings. The summed E-state index contributed by atoms with van der Waals surface area (Å²) in [6.45, 7) is 5.80. The number of anilines is 1. The molecule has 0 saturated heterocycles. The van der Waals surface area contributed by atoms with Crippen LogP contribution in [0.4, 0.5) is 5.69 Å². The van der Waals surface area contributed by atoms with Crippen LogP contribution in [-0.4, -0.2) is 57.6 Å². The number of carbonyl (C=O) groups is 2. The summed E-state index contributed by atoms with van der Waals surface area (Å²) in [5.74, 6) is -0.147. The quantitative estimate of drug-likeness (QED) is 0.332. The van der Waals surface area contributed by atoms with Crippen molar-refractivity contribution in [1.29, 1.82) is 0 Å². The first kappa shape index (κ1) is 30.7. The maximum absolute atomic E-state index is 14.2. The Morgan fingerprint density at radius 1 is 0.925 bits per heavy atom. The maximum Gasteiger partial charge on any atom is 0.244 e. The highest BCUT2D eigenvalue weighted by molar-refractivity contribution is 7.92. The highest BCUT2D eigenvalue weighted by atomic mass is 32.2. The third-order valence-corrected chi connectivity index (χ3v) is 7.74. The molecule has 214 valence electrons. The van der Waals surface area contributed by atoms with Crippen LogP contribution in [-0.2, 0) is 32.6 Å². The van der Waals surface area contributed by atoms with Gasteiger partial charge in [0.1, 0.15) is 18.3 Å². The molecule has 3 aromatic rings. The molecule has 3 aromatic carbocycles. The van der Waals surface area contributed by atoms with Crippen LogP contribution in [0.5, 0.6) is 5.75 Å². The van der Waals surface area contributed by atoms with Crippen LogP contribution in [0.25, 0.3) is 0 Å². The van der Waals surface area contributed by atoms with E-state index in [9.17, 15) is 18.0 Å². The largest absolute Gasteiger partial charge is 0.497 e. The summed E-state index contributed by atoms with van der Waals surface area (Å²) < 4.78 is 32.6. The lowest BCUT2D eigenvalue weighted by molar-refractivity contribution is -0.140. The molecule has 1 N–H and O–H groups in total. The van der Waals surface area contributed by atoms with Gasteiger partial charge in [0, 0.05) is 19.5 Å². The molecular weight excluding hydrogens is 526 g/mol. The number of amides is 2.